The lowest BCUT2D eigenvalue weighted by Gasteiger charge is -2.36. The normalized spacial score (nSPS) is 17.5. The maximum absolute atomic E-state index is 12.2. The smallest absolute Gasteiger partial charge is 0.260 e. The van der Waals surface area contributed by atoms with Gasteiger partial charge < -0.3 is 14.4 Å². The van der Waals surface area contributed by atoms with Gasteiger partial charge in [0.15, 0.2) is 0 Å². The number of fused-ring (bicyclic) bond motifs is 1. The van der Waals surface area contributed by atoms with Crippen molar-refractivity contribution in [3.8, 4) is 0 Å². The van der Waals surface area contributed by atoms with E-state index in [4.69, 9.17) is 0 Å². The molecule has 2 aliphatic rings. The predicted octanol–water partition coefficient (Wildman–Crippen LogP) is 1.93. The predicted molar refractivity (Wildman–Crippen MR) is 105 cm³/mol. The van der Waals surface area contributed by atoms with Gasteiger partial charge in [-0.05, 0) is 31.0 Å². The number of aryl methyl sites for hydroxylation is 1. The van der Waals surface area contributed by atoms with E-state index in [1.807, 2.05) is 18.2 Å². The fourth-order valence-corrected chi connectivity index (χ4v) is 3.73. The highest BCUT2D eigenvalue weighted by molar-refractivity contribution is 5.81. The molecule has 0 radical (unpaired) electrons. The van der Waals surface area contributed by atoms with Gasteiger partial charge in [-0.3, -0.25) is 4.79 Å². The molecule has 0 amide bonds. The van der Waals surface area contributed by atoms with Crippen molar-refractivity contribution < 1.29 is 0 Å². The van der Waals surface area contributed by atoms with E-state index in [9.17, 15) is 4.79 Å². The molecule has 138 valence electrons. The molecule has 0 atom stereocenters. The minimum Gasteiger partial charge on any atom is -0.368 e. The van der Waals surface area contributed by atoms with Crippen LogP contribution in [0.1, 0.15) is 24.5 Å². The van der Waals surface area contributed by atoms with Gasteiger partial charge in [0, 0.05) is 56.6 Å². The van der Waals surface area contributed by atoms with Crippen LogP contribution in [0.25, 0.3) is 10.9 Å². The summed E-state index contributed by atoms with van der Waals surface area (Å²) in [6.07, 6.45) is 5.79. The molecule has 1 aromatic carbocycles. The van der Waals surface area contributed by atoms with Gasteiger partial charge in [-0.2, -0.15) is 0 Å². The number of aromatic nitrogens is 4. The van der Waals surface area contributed by atoms with Crippen LogP contribution in [0.4, 0.5) is 11.5 Å². The average molecular weight is 362 g/mol. The van der Waals surface area contributed by atoms with Crippen molar-refractivity contribution in [2.24, 2.45) is 7.05 Å². The van der Waals surface area contributed by atoms with Crippen molar-refractivity contribution in [2.75, 3.05) is 36.0 Å². The third-order valence-corrected chi connectivity index (χ3v) is 5.54. The lowest BCUT2D eigenvalue weighted by Crippen LogP contribution is -2.46. The minimum atomic E-state index is -0.00778. The summed E-state index contributed by atoms with van der Waals surface area (Å²) < 4.78 is 1.51. The third-order valence-electron chi connectivity index (χ3n) is 5.54. The van der Waals surface area contributed by atoms with Crippen molar-refractivity contribution in [1.82, 2.24) is 19.5 Å². The maximum Gasteiger partial charge on any atom is 0.260 e. The summed E-state index contributed by atoms with van der Waals surface area (Å²) in [4.78, 5) is 30.2. The van der Waals surface area contributed by atoms with Gasteiger partial charge in [0.2, 0.25) is 0 Å². The van der Waals surface area contributed by atoms with Crippen molar-refractivity contribution >= 4 is 22.4 Å². The van der Waals surface area contributed by atoms with Crippen LogP contribution in [0.3, 0.4) is 0 Å². The number of nitrogens with zero attached hydrogens (tertiary/aromatic N) is 6. The fraction of sp³-hybridized carbons (Fsp3) is 0.400. The molecule has 3 heterocycles. The zero-order valence-corrected chi connectivity index (χ0v) is 15.4. The van der Waals surface area contributed by atoms with Crippen molar-refractivity contribution in [1.29, 1.82) is 0 Å². The van der Waals surface area contributed by atoms with Crippen LogP contribution < -0.4 is 15.4 Å². The van der Waals surface area contributed by atoms with Crippen LogP contribution in [0.15, 0.2) is 41.7 Å². The Bertz CT molecular complexity index is 1050. The molecular formula is C20H22N6O. The molecule has 5 rings (SSSR count). The largest absolute Gasteiger partial charge is 0.368 e. The molecule has 1 saturated heterocycles. The van der Waals surface area contributed by atoms with E-state index >= 15 is 0 Å². The molecule has 7 nitrogen and oxygen atoms in total. The SMILES string of the molecule is Cn1cnc2cc(N3CCN(c4cc(C5CC5)ncn4)CC3)ccc2c1=O. The van der Waals surface area contributed by atoms with Gasteiger partial charge in [-0.1, -0.05) is 0 Å². The molecule has 2 fully saturated rings. The standard InChI is InChI=1S/C20H22N6O/c1-24-13-23-18-10-15(4-5-16(18)20(24)27)25-6-8-26(9-7-25)19-11-17(14-2-3-14)21-12-22-19/h4-5,10-14H,2-3,6-9H2,1H3. The molecule has 7 heteroatoms. The number of rotatable bonds is 3. The first-order valence-corrected chi connectivity index (χ1v) is 9.46. The number of hydrogen-bond acceptors (Lipinski definition) is 6. The summed E-state index contributed by atoms with van der Waals surface area (Å²) in [7, 11) is 1.73. The molecule has 0 unspecified atom stereocenters. The lowest BCUT2D eigenvalue weighted by atomic mass is 10.2. The third kappa shape index (κ3) is 3.03. The van der Waals surface area contributed by atoms with Gasteiger partial charge in [-0.15, -0.1) is 0 Å². The summed E-state index contributed by atoms with van der Waals surface area (Å²) in [5, 5.41) is 0.663. The molecule has 27 heavy (non-hydrogen) atoms. The fourth-order valence-electron chi connectivity index (χ4n) is 3.73. The number of anilines is 2. The van der Waals surface area contributed by atoms with Gasteiger partial charge in [0.25, 0.3) is 5.56 Å². The number of benzene rings is 1. The van der Waals surface area contributed by atoms with Crippen LogP contribution in [0.5, 0.6) is 0 Å². The van der Waals surface area contributed by atoms with E-state index in [1.54, 1.807) is 19.7 Å². The molecule has 1 aliphatic heterocycles. The maximum atomic E-state index is 12.2. The first kappa shape index (κ1) is 16.2. The lowest BCUT2D eigenvalue weighted by molar-refractivity contribution is 0.646. The van der Waals surface area contributed by atoms with Gasteiger partial charge >= 0.3 is 0 Å². The summed E-state index contributed by atoms with van der Waals surface area (Å²) in [5.41, 5.74) is 3.04. The Hall–Kier alpha value is -2.96. The highest BCUT2D eigenvalue weighted by Gasteiger charge is 2.26. The summed E-state index contributed by atoms with van der Waals surface area (Å²) in [6, 6.07) is 8.08. The Balaban J connectivity index is 1.33. The second-order valence-electron chi connectivity index (χ2n) is 7.41. The number of piperazine rings is 1. The zero-order valence-electron chi connectivity index (χ0n) is 15.4. The molecular weight excluding hydrogens is 340 g/mol. The Morgan fingerprint density at radius 1 is 0.963 bits per heavy atom. The second-order valence-corrected chi connectivity index (χ2v) is 7.41. The van der Waals surface area contributed by atoms with Gasteiger partial charge in [0.05, 0.1) is 17.2 Å². The van der Waals surface area contributed by atoms with Crippen LogP contribution in [0, 0.1) is 0 Å². The van der Waals surface area contributed by atoms with Crippen LogP contribution in [-0.2, 0) is 7.05 Å². The Labute approximate surface area is 157 Å². The van der Waals surface area contributed by atoms with Crippen molar-refractivity contribution in [3.63, 3.8) is 0 Å². The Morgan fingerprint density at radius 3 is 2.52 bits per heavy atom. The van der Waals surface area contributed by atoms with Crippen LogP contribution in [0.2, 0.25) is 0 Å². The van der Waals surface area contributed by atoms with E-state index in [-0.39, 0.29) is 5.56 Å². The molecule has 0 N–H and O–H groups in total. The van der Waals surface area contributed by atoms with Gasteiger partial charge in [-0.25, -0.2) is 15.0 Å². The summed E-state index contributed by atoms with van der Waals surface area (Å²) in [5.74, 6) is 1.68. The Kier molecular flexibility index (Phi) is 3.81. The first-order valence-electron chi connectivity index (χ1n) is 9.46. The van der Waals surface area contributed by atoms with E-state index in [1.165, 1.54) is 23.1 Å². The van der Waals surface area contributed by atoms with Crippen molar-refractivity contribution in [2.45, 2.75) is 18.8 Å². The molecule has 2 aromatic heterocycles. The minimum absolute atomic E-state index is 0.00778. The van der Waals surface area contributed by atoms with Crippen LogP contribution >= 0.6 is 0 Å². The van der Waals surface area contributed by atoms with Gasteiger partial charge in [0.1, 0.15) is 12.1 Å². The van der Waals surface area contributed by atoms with E-state index in [0.29, 0.717) is 11.3 Å². The number of hydrogen-bond donors (Lipinski definition) is 0. The second kappa shape index (κ2) is 6.33. The zero-order chi connectivity index (χ0) is 18.4. The molecule has 1 aliphatic carbocycles. The highest BCUT2D eigenvalue weighted by Crippen LogP contribution is 2.39. The topological polar surface area (TPSA) is 67.2 Å². The average Bonchev–Trinajstić information content (AvgIpc) is 3.56. The molecule has 3 aromatic rings. The van der Waals surface area contributed by atoms with E-state index < -0.39 is 0 Å². The highest BCUT2D eigenvalue weighted by atomic mass is 16.1. The molecule has 1 saturated carbocycles. The van der Waals surface area contributed by atoms with E-state index in [2.05, 4.69) is 30.8 Å². The molecule has 0 spiro atoms. The summed E-state index contributed by atoms with van der Waals surface area (Å²) in [6.45, 7) is 3.67. The van der Waals surface area contributed by atoms with E-state index in [0.717, 1.165) is 43.2 Å². The molecule has 0 bridgehead atoms. The first-order chi connectivity index (χ1) is 13.2. The monoisotopic (exact) mass is 362 g/mol. The van der Waals surface area contributed by atoms with Crippen LogP contribution in [-0.4, -0.2) is 45.7 Å². The summed E-state index contributed by atoms with van der Waals surface area (Å²) >= 11 is 0. The van der Waals surface area contributed by atoms with Crippen molar-refractivity contribution in [3.05, 3.63) is 53.0 Å². The Morgan fingerprint density at radius 2 is 1.74 bits per heavy atom. The quantitative estimate of drug-likeness (QED) is 0.709.